The zero-order valence-corrected chi connectivity index (χ0v) is 10.9. The SMILES string of the molecule is Cc1nn(C)c(C(CC(C)C)C(=O)O)c1[N+](=O)[O-]. The molecular weight excluding hydrogens is 238 g/mol. The van der Waals surface area contributed by atoms with Gasteiger partial charge in [0.05, 0.1) is 4.92 Å². The number of carboxylic acids is 1. The van der Waals surface area contributed by atoms with Crippen molar-refractivity contribution in [1.82, 2.24) is 9.78 Å². The Labute approximate surface area is 105 Å². The molecule has 1 atom stereocenters. The Morgan fingerprint density at radius 2 is 2.11 bits per heavy atom. The monoisotopic (exact) mass is 255 g/mol. The number of nitro groups is 1. The number of aliphatic carboxylic acids is 1. The van der Waals surface area contributed by atoms with Gasteiger partial charge in [0.2, 0.25) is 0 Å². The van der Waals surface area contributed by atoms with Gasteiger partial charge >= 0.3 is 11.7 Å². The molecule has 1 heterocycles. The normalized spacial score (nSPS) is 12.7. The highest BCUT2D eigenvalue weighted by Gasteiger charge is 2.34. The Morgan fingerprint density at radius 3 is 2.50 bits per heavy atom. The summed E-state index contributed by atoms with van der Waals surface area (Å²) in [5.41, 5.74) is 0.219. The van der Waals surface area contributed by atoms with Gasteiger partial charge in [0.25, 0.3) is 0 Å². The Hall–Kier alpha value is -1.92. The molecule has 7 nitrogen and oxygen atoms in total. The van der Waals surface area contributed by atoms with E-state index in [2.05, 4.69) is 5.10 Å². The molecule has 0 spiro atoms. The molecule has 0 aliphatic heterocycles. The van der Waals surface area contributed by atoms with Crippen molar-refractivity contribution in [2.75, 3.05) is 0 Å². The summed E-state index contributed by atoms with van der Waals surface area (Å²) >= 11 is 0. The van der Waals surface area contributed by atoms with E-state index in [0.717, 1.165) is 0 Å². The summed E-state index contributed by atoms with van der Waals surface area (Å²) in [6, 6.07) is 0. The first kappa shape index (κ1) is 14.1. The Bertz CT molecular complexity index is 479. The van der Waals surface area contributed by atoms with Gasteiger partial charge in [-0.15, -0.1) is 0 Å². The Kier molecular flexibility index (Phi) is 4.05. The zero-order chi connectivity index (χ0) is 14.0. The molecular formula is C11H17N3O4. The molecule has 100 valence electrons. The van der Waals surface area contributed by atoms with Crippen LogP contribution in [-0.4, -0.2) is 25.8 Å². The molecule has 1 rings (SSSR count). The predicted octanol–water partition coefficient (Wildman–Crippen LogP) is 1.85. The number of hydrogen-bond donors (Lipinski definition) is 1. The molecule has 1 aromatic heterocycles. The van der Waals surface area contributed by atoms with Crippen LogP contribution in [0.4, 0.5) is 5.69 Å². The molecule has 0 aromatic carbocycles. The maximum Gasteiger partial charge on any atom is 0.313 e. The first-order valence-corrected chi connectivity index (χ1v) is 5.66. The summed E-state index contributed by atoms with van der Waals surface area (Å²) in [6.45, 7) is 5.27. The van der Waals surface area contributed by atoms with Gasteiger partial charge in [-0.1, -0.05) is 13.8 Å². The van der Waals surface area contributed by atoms with Crippen LogP contribution >= 0.6 is 0 Å². The lowest BCUT2D eigenvalue weighted by Gasteiger charge is -2.14. The van der Waals surface area contributed by atoms with Gasteiger partial charge in [0, 0.05) is 7.05 Å². The fourth-order valence-electron chi connectivity index (χ4n) is 2.08. The number of hydrogen-bond acceptors (Lipinski definition) is 4. The molecule has 0 aliphatic rings. The third-order valence-corrected chi connectivity index (χ3v) is 2.75. The van der Waals surface area contributed by atoms with E-state index in [-0.39, 0.29) is 23.0 Å². The minimum atomic E-state index is -1.06. The minimum absolute atomic E-state index is 0.126. The summed E-state index contributed by atoms with van der Waals surface area (Å²) in [5.74, 6) is -1.84. The third-order valence-electron chi connectivity index (χ3n) is 2.75. The van der Waals surface area contributed by atoms with E-state index in [1.165, 1.54) is 18.7 Å². The van der Waals surface area contributed by atoms with E-state index in [9.17, 15) is 20.0 Å². The van der Waals surface area contributed by atoms with Gasteiger partial charge in [0.1, 0.15) is 17.3 Å². The number of carboxylic acid groups (broad SMARTS) is 1. The molecule has 0 saturated carbocycles. The van der Waals surface area contributed by atoms with Crippen molar-refractivity contribution < 1.29 is 14.8 Å². The van der Waals surface area contributed by atoms with Crippen LogP contribution < -0.4 is 0 Å². The lowest BCUT2D eigenvalue weighted by Crippen LogP contribution is -2.18. The molecule has 1 N–H and O–H groups in total. The van der Waals surface area contributed by atoms with Crippen LogP contribution in [0.5, 0.6) is 0 Å². The van der Waals surface area contributed by atoms with Crippen molar-refractivity contribution in [2.45, 2.75) is 33.1 Å². The number of aryl methyl sites for hydroxylation is 2. The first-order chi connectivity index (χ1) is 8.25. The molecule has 0 aliphatic carbocycles. The summed E-state index contributed by atoms with van der Waals surface area (Å²) in [6.07, 6.45) is 0.342. The summed E-state index contributed by atoms with van der Waals surface area (Å²) in [7, 11) is 1.53. The van der Waals surface area contributed by atoms with Crippen molar-refractivity contribution in [2.24, 2.45) is 13.0 Å². The fraction of sp³-hybridized carbons (Fsp3) is 0.636. The maximum absolute atomic E-state index is 11.3. The molecule has 7 heteroatoms. The molecule has 1 unspecified atom stereocenters. The summed E-state index contributed by atoms with van der Waals surface area (Å²) in [5, 5.41) is 24.2. The van der Waals surface area contributed by atoms with Gasteiger partial charge in [-0.2, -0.15) is 5.10 Å². The highest BCUT2D eigenvalue weighted by atomic mass is 16.6. The van der Waals surface area contributed by atoms with Crippen LogP contribution in [0, 0.1) is 23.0 Å². The van der Waals surface area contributed by atoms with Crippen molar-refractivity contribution >= 4 is 11.7 Å². The molecule has 0 radical (unpaired) electrons. The number of nitrogens with zero attached hydrogens (tertiary/aromatic N) is 3. The molecule has 0 bridgehead atoms. The largest absolute Gasteiger partial charge is 0.481 e. The van der Waals surface area contributed by atoms with Crippen LogP contribution in [0.15, 0.2) is 0 Å². The van der Waals surface area contributed by atoms with Crippen LogP contribution in [0.3, 0.4) is 0 Å². The molecule has 1 aromatic rings. The quantitative estimate of drug-likeness (QED) is 0.639. The van der Waals surface area contributed by atoms with Crippen LogP contribution in [0.2, 0.25) is 0 Å². The predicted molar refractivity (Wildman–Crippen MR) is 64.4 cm³/mol. The smallest absolute Gasteiger partial charge is 0.313 e. The maximum atomic E-state index is 11.3. The number of aromatic nitrogens is 2. The van der Waals surface area contributed by atoms with E-state index in [0.29, 0.717) is 6.42 Å². The minimum Gasteiger partial charge on any atom is -0.481 e. The van der Waals surface area contributed by atoms with E-state index in [1.54, 1.807) is 0 Å². The van der Waals surface area contributed by atoms with Crippen molar-refractivity contribution in [3.63, 3.8) is 0 Å². The first-order valence-electron chi connectivity index (χ1n) is 5.66. The average molecular weight is 255 g/mol. The van der Waals surface area contributed by atoms with Crippen LogP contribution in [0.1, 0.15) is 37.6 Å². The second-order valence-corrected chi connectivity index (χ2v) is 4.72. The Balaban J connectivity index is 3.35. The van der Waals surface area contributed by atoms with Crippen molar-refractivity contribution in [3.8, 4) is 0 Å². The average Bonchev–Trinajstić information content (AvgIpc) is 2.49. The van der Waals surface area contributed by atoms with Crippen molar-refractivity contribution in [3.05, 3.63) is 21.5 Å². The van der Waals surface area contributed by atoms with Gasteiger partial charge in [-0.3, -0.25) is 19.6 Å². The van der Waals surface area contributed by atoms with Crippen molar-refractivity contribution in [1.29, 1.82) is 0 Å². The second kappa shape index (κ2) is 5.16. The number of carbonyl (C=O) groups is 1. The molecule has 0 amide bonds. The molecule has 0 saturated heterocycles. The second-order valence-electron chi connectivity index (χ2n) is 4.72. The fourth-order valence-corrected chi connectivity index (χ4v) is 2.08. The van der Waals surface area contributed by atoms with Crippen LogP contribution in [-0.2, 0) is 11.8 Å². The zero-order valence-electron chi connectivity index (χ0n) is 10.9. The summed E-state index contributed by atoms with van der Waals surface area (Å²) < 4.78 is 1.30. The molecule has 0 fully saturated rings. The van der Waals surface area contributed by atoms with E-state index >= 15 is 0 Å². The summed E-state index contributed by atoms with van der Waals surface area (Å²) in [4.78, 5) is 21.8. The lowest BCUT2D eigenvalue weighted by molar-refractivity contribution is -0.386. The van der Waals surface area contributed by atoms with E-state index in [1.807, 2.05) is 13.8 Å². The van der Waals surface area contributed by atoms with Gasteiger partial charge < -0.3 is 5.11 Å². The lowest BCUT2D eigenvalue weighted by atomic mass is 9.93. The third kappa shape index (κ3) is 2.66. The standard InChI is InChI=1S/C11H17N3O4/c1-6(2)5-8(11(15)16)10-9(14(17)18)7(3)12-13(10)4/h6,8H,5H2,1-4H3,(H,15,16). The number of rotatable bonds is 5. The van der Waals surface area contributed by atoms with Crippen LogP contribution in [0.25, 0.3) is 0 Å². The topological polar surface area (TPSA) is 98.3 Å². The van der Waals surface area contributed by atoms with Gasteiger partial charge in [-0.25, -0.2) is 0 Å². The highest BCUT2D eigenvalue weighted by Crippen LogP contribution is 2.33. The Morgan fingerprint density at radius 1 is 1.56 bits per heavy atom. The van der Waals surface area contributed by atoms with Gasteiger partial charge in [0.15, 0.2) is 0 Å². The van der Waals surface area contributed by atoms with Gasteiger partial charge in [-0.05, 0) is 19.3 Å². The van der Waals surface area contributed by atoms with E-state index in [4.69, 9.17) is 0 Å². The molecule has 18 heavy (non-hydrogen) atoms. The highest BCUT2D eigenvalue weighted by molar-refractivity contribution is 5.77. The van der Waals surface area contributed by atoms with E-state index < -0.39 is 16.8 Å².